The number of aromatic nitrogens is 1. The lowest BCUT2D eigenvalue weighted by atomic mass is 10.1. The Kier molecular flexibility index (Phi) is 7.89. The molecule has 9 heteroatoms. The van der Waals surface area contributed by atoms with Crippen LogP contribution in [0.25, 0.3) is 0 Å². The molecule has 5 nitrogen and oxygen atoms in total. The summed E-state index contributed by atoms with van der Waals surface area (Å²) in [6, 6.07) is 9.42. The van der Waals surface area contributed by atoms with Crippen LogP contribution < -0.4 is 5.32 Å². The average molecular weight is 410 g/mol. The van der Waals surface area contributed by atoms with Gasteiger partial charge in [-0.25, -0.2) is 14.2 Å². The van der Waals surface area contributed by atoms with Crippen molar-refractivity contribution in [3.05, 3.63) is 65.2 Å². The maximum atomic E-state index is 13.0. The van der Waals surface area contributed by atoms with Gasteiger partial charge < -0.3 is 10.4 Å². The van der Waals surface area contributed by atoms with Gasteiger partial charge in [0.1, 0.15) is 11.5 Å². The summed E-state index contributed by atoms with van der Waals surface area (Å²) in [5, 5.41) is 9.96. The van der Waals surface area contributed by atoms with Crippen LogP contribution in [0.3, 0.4) is 0 Å². The topological polar surface area (TPSA) is 79.3 Å². The molecule has 2 aromatic rings. The Labute approximate surface area is 164 Å². The van der Waals surface area contributed by atoms with E-state index < -0.39 is 12.1 Å². The molecule has 29 heavy (non-hydrogen) atoms. The lowest BCUT2D eigenvalue weighted by Crippen LogP contribution is -2.40. The van der Waals surface area contributed by atoms with Gasteiger partial charge in [0.25, 0.3) is 5.91 Å². The van der Waals surface area contributed by atoms with Crippen LogP contribution in [0.1, 0.15) is 42.4 Å². The van der Waals surface area contributed by atoms with Crippen LogP contribution in [-0.4, -0.2) is 33.7 Å². The number of hydrogen-bond donors (Lipinski definition) is 2. The van der Waals surface area contributed by atoms with Crippen LogP contribution in [0.5, 0.6) is 0 Å². The van der Waals surface area contributed by atoms with Gasteiger partial charge in [0.15, 0.2) is 0 Å². The molecule has 0 spiro atoms. The number of rotatable bonds is 1. The highest BCUT2D eigenvalue weighted by atomic mass is 19.4. The first kappa shape index (κ1) is 23.6. The number of halogens is 4. The highest BCUT2D eigenvalue weighted by Crippen LogP contribution is 2.13. The molecule has 2 N–H and O–H groups in total. The molecule has 1 aromatic heterocycles. The van der Waals surface area contributed by atoms with Gasteiger partial charge in [-0.05, 0) is 51.1 Å². The number of carboxylic acid groups (broad SMARTS) is 1. The van der Waals surface area contributed by atoms with Gasteiger partial charge in [-0.2, -0.15) is 13.2 Å². The van der Waals surface area contributed by atoms with Crippen LogP contribution in [0, 0.1) is 17.7 Å². The number of hydrogen-bond acceptors (Lipinski definition) is 3. The third-order valence-corrected chi connectivity index (χ3v) is 2.90. The molecular weight excluding hydrogens is 392 g/mol. The fourth-order valence-electron chi connectivity index (χ4n) is 1.72. The molecule has 0 atom stereocenters. The average Bonchev–Trinajstić information content (AvgIpc) is 2.59. The third-order valence-electron chi connectivity index (χ3n) is 2.90. The van der Waals surface area contributed by atoms with E-state index in [0.29, 0.717) is 16.8 Å². The molecule has 2 rings (SSSR count). The molecule has 154 valence electrons. The van der Waals surface area contributed by atoms with E-state index in [-0.39, 0.29) is 17.3 Å². The summed E-state index contributed by atoms with van der Waals surface area (Å²) < 4.78 is 44.8. The van der Waals surface area contributed by atoms with Gasteiger partial charge in [0.05, 0.1) is 0 Å². The summed E-state index contributed by atoms with van der Waals surface area (Å²) in [6.07, 6.45) is -3.55. The quantitative estimate of drug-likeness (QED) is 0.554. The van der Waals surface area contributed by atoms with Crippen LogP contribution in [0.4, 0.5) is 17.6 Å². The first-order chi connectivity index (χ1) is 13.3. The lowest BCUT2D eigenvalue weighted by molar-refractivity contribution is -0.192. The first-order valence-electron chi connectivity index (χ1n) is 8.14. The number of pyridine rings is 1. The maximum absolute atomic E-state index is 13.0. The van der Waals surface area contributed by atoms with Crippen molar-refractivity contribution in [1.82, 2.24) is 10.3 Å². The van der Waals surface area contributed by atoms with Crippen molar-refractivity contribution in [2.24, 2.45) is 0 Å². The third kappa shape index (κ3) is 9.37. The van der Waals surface area contributed by atoms with Crippen LogP contribution in [0.15, 0.2) is 42.6 Å². The van der Waals surface area contributed by atoms with Gasteiger partial charge in [0, 0.05) is 22.9 Å². The molecule has 1 aromatic carbocycles. The highest BCUT2D eigenvalue weighted by Gasteiger charge is 2.38. The van der Waals surface area contributed by atoms with E-state index in [2.05, 4.69) is 22.1 Å². The summed E-state index contributed by atoms with van der Waals surface area (Å²) in [6.45, 7) is 5.72. The maximum Gasteiger partial charge on any atom is 0.490 e. The minimum Gasteiger partial charge on any atom is -0.475 e. The Bertz CT molecular complexity index is 922. The zero-order chi connectivity index (χ0) is 22.2. The Morgan fingerprint density at radius 2 is 1.62 bits per heavy atom. The lowest BCUT2D eigenvalue weighted by Gasteiger charge is -2.19. The molecule has 0 aliphatic rings. The number of aliphatic carboxylic acids is 1. The van der Waals surface area contributed by atoms with E-state index in [9.17, 15) is 22.4 Å². The number of amides is 1. The minimum atomic E-state index is -5.08. The molecular formula is C20H18F4N2O3. The second kappa shape index (κ2) is 9.68. The van der Waals surface area contributed by atoms with Crippen molar-refractivity contribution >= 4 is 11.9 Å². The number of carbonyl (C=O) groups excluding carboxylic acids is 1. The zero-order valence-electron chi connectivity index (χ0n) is 15.8. The first-order valence-corrected chi connectivity index (χ1v) is 8.14. The van der Waals surface area contributed by atoms with Gasteiger partial charge >= 0.3 is 12.1 Å². The van der Waals surface area contributed by atoms with E-state index >= 15 is 0 Å². The molecule has 0 fully saturated rings. The molecule has 0 saturated heterocycles. The number of carboxylic acids is 1. The summed E-state index contributed by atoms with van der Waals surface area (Å²) in [7, 11) is 0. The minimum absolute atomic E-state index is 0.225. The predicted molar refractivity (Wildman–Crippen MR) is 97.5 cm³/mol. The summed E-state index contributed by atoms with van der Waals surface area (Å²) >= 11 is 0. The van der Waals surface area contributed by atoms with E-state index in [1.807, 2.05) is 20.8 Å². The fourth-order valence-corrected chi connectivity index (χ4v) is 1.72. The Morgan fingerprint density at radius 3 is 2.07 bits per heavy atom. The molecule has 0 bridgehead atoms. The number of carbonyl (C=O) groups is 2. The molecule has 0 saturated carbocycles. The van der Waals surface area contributed by atoms with Crippen LogP contribution >= 0.6 is 0 Å². The summed E-state index contributed by atoms with van der Waals surface area (Å²) in [4.78, 5) is 24.9. The van der Waals surface area contributed by atoms with Crippen molar-refractivity contribution in [3.8, 4) is 11.8 Å². The molecule has 1 heterocycles. The second-order valence-corrected chi connectivity index (χ2v) is 6.70. The summed E-state index contributed by atoms with van der Waals surface area (Å²) in [5.74, 6) is 2.45. The SMILES string of the molecule is CC(C)(C)NC(=O)c1ccc(C#Cc2cccc(F)c2)cn1.O=C(O)C(F)(F)F. The van der Waals surface area contributed by atoms with Gasteiger partial charge in [-0.3, -0.25) is 4.79 Å². The van der Waals surface area contributed by atoms with Gasteiger partial charge in [-0.1, -0.05) is 17.9 Å². The highest BCUT2D eigenvalue weighted by molar-refractivity contribution is 5.92. The van der Waals surface area contributed by atoms with Crippen molar-refractivity contribution in [2.45, 2.75) is 32.5 Å². The van der Waals surface area contributed by atoms with E-state index in [4.69, 9.17) is 9.90 Å². The van der Waals surface area contributed by atoms with E-state index in [1.54, 1.807) is 24.3 Å². The van der Waals surface area contributed by atoms with Crippen LogP contribution in [-0.2, 0) is 4.79 Å². The Morgan fingerprint density at radius 1 is 1.03 bits per heavy atom. The predicted octanol–water partition coefficient (Wildman–Crippen LogP) is 3.78. The standard InChI is InChI=1S/C18H17FN2O.C2HF3O2/c1-18(2,3)21-17(22)16-10-9-14(12-20-16)8-7-13-5-4-6-15(19)11-13;3-2(4,5)1(6)7/h4-6,9-12H,1-3H3,(H,21,22);(H,6,7). The summed E-state index contributed by atoms with van der Waals surface area (Å²) in [5.41, 5.74) is 1.28. The van der Waals surface area contributed by atoms with Gasteiger partial charge in [0.2, 0.25) is 0 Å². The Balaban J connectivity index is 0.000000516. The number of benzene rings is 1. The number of alkyl halides is 3. The second-order valence-electron chi connectivity index (χ2n) is 6.70. The normalized spacial score (nSPS) is 10.7. The molecule has 1 amide bonds. The molecule has 0 unspecified atom stereocenters. The number of nitrogens with zero attached hydrogens (tertiary/aromatic N) is 1. The van der Waals surface area contributed by atoms with Crippen molar-refractivity contribution < 1.29 is 32.3 Å². The molecule has 0 radical (unpaired) electrons. The van der Waals surface area contributed by atoms with Crippen LogP contribution in [0.2, 0.25) is 0 Å². The largest absolute Gasteiger partial charge is 0.490 e. The van der Waals surface area contributed by atoms with Crippen molar-refractivity contribution in [1.29, 1.82) is 0 Å². The Hall–Kier alpha value is -3.41. The zero-order valence-corrected chi connectivity index (χ0v) is 15.8. The van der Waals surface area contributed by atoms with Gasteiger partial charge in [-0.15, -0.1) is 0 Å². The molecule has 0 aliphatic carbocycles. The van der Waals surface area contributed by atoms with E-state index in [0.717, 1.165) is 0 Å². The molecule has 0 aliphatic heterocycles. The van der Waals surface area contributed by atoms with Crippen molar-refractivity contribution in [3.63, 3.8) is 0 Å². The number of nitrogens with one attached hydrogen (secondary N) is 1. The smallest absolute Gasteiger partial charge is 0.475 e. The van der Waals surface area contributed by atoms with E-state index in [1.165, 1.54) is 18.3 Å². The monoisotopic (exact) mass is 410 g/mol. The fraction of sp³-hybridized carbons (Fsp3) is 0.250. The van der Waals surface area contributed by atoms with Crippen molar-refractivity contribution in [2.75, 3.05) is 0 Å².